The molecule has 0 aliphatic heterocycles. The number of rotatable bonds is 1. The molecule has 1 aromatic carbocycles. The average molecular weight is 255 g/mol. The van der Waals surface area contributed by atoms with Crippen LogP contribution in [0.3, 0.4) is 0 Å². The second-order valence-electron chi connectivity index (χ2n) is 2.75. The summed E-state index contributed by atoms with van der Waals surface area (Å²) in [5.74, 6) is -0.393. The third kappa shape index (κ3) is 1.32. The van der Waals surface area contributed by atoms with E-state index in [1.807, 2.05) is 12.1 Å². The highest BCUT2D eigenvalue weighted by molar-refractivity contribution is 9.10. The number of hydrogen-bond acceptors (Lipinski definition) is 3. The van der Waals surface area contributed by atoms with E-state index in [2.05, 4.69) is 20.7 Å². The van der Waals surface area contributed by atoms with Crippen molar-refractivity contribution in [2.75, 3.05) is 7.11 Å². The van der Waals surface area contributed by atoms with Crippen LogP contribution in [-0.2, 0) is 4.74 Å². The van der Waals surface area contributed by atoms with Crippen LogP contribution in [0.4, 0.5) is 0 Å². The third-order valence-electron chi connectivity index (χ3n) is 1.95. The van der Waals surface area contributed by atoms with Crippen LogP contribution in [0.1, 0.15) is 10.4 Å². The minimum Gasteiger partial charge on any atom is -0.465 e. The van der Waals surface area contributed by atoms with Crippen LogP contribution in [0.5, 0.6) is 0 Å². The van der Waals surface area contributed by atoms with Crippen molar-refractivity contribution < 1.29 is 13.9 Å². The van der Waals surface area contributed by atoms with Gasteiger partial charge in [0.05, 0.1) is 7.11 Å². The van der Waals surface area contributed by atoms with Crippen LogP contribution >= 0.6 is 15.9 Å². The molecule has 2 rings (SSSR count). The Labute approximate surface area is 88.8 Å². The van der Waals surface area contributed by atoms with Crippen molar-refractivity contribution in [3.63, 3.8) is 0 Å². The largest absolute Gasteiger partial charge is 0.465 e. The van der Waals surface area contributed by atoms with E-state index in [-0.39, 0.29) is 0 Å². The summed E-state index contributed by atoms with van der Waals surface area (Å²) in [5, 5.41) is 0.749. The fourth-order valence-electron chi connectivity index (χ4n) is 1.31. The fraction of sp³-hybridized carbons (Fsp3) is 0.100. The second kappa shape index (κ2) is 3.46. The zero-order valence-electron chi connectivity index (χ0n) is 7.41. The topological polar surface area (TPSA) is 39.4 Å². The highest BCUT2D eigenvalue weighted by Gasteiger charge is 2.15. The summed E-state index contributed by atoms with van der Waals surface area (Å²) in [6.07, 6.45) is 1.40. The van der Waals surface area contributed by atoms with Gasteiger partial charge in [0.1, 0.15) is 17.4 Å². The molecule has 0 N–H and O–H groups in total. The molecule has 14 heavy (non-hydrogen) atoms. The van der Waals surface area contributed by atoms with Gasteiger partial charge in [-0.25, -0.2) is 4.79 Å². The highest BCUT2D eigenvalue weighted by atomic mass is 79.9. The normalized spacial score (nSPS) is 10.4. The van der Waals surface area contributed by atoms with E-state index in [0.29, 0.717) is 11.1 Å². The number of furan rings is 1. The quantitative estimate of drug-likeness (QED) is 0.735. The molecule has 3 nitrogen and oxygen atoms in total. The van der Waals surface area contributed by atoms with Crippen molar-refractivity contribution >= 4 is 32.9 Å². The Bertz CT molecular complexity index is 487. The second-order valence-corrected chi connectivity index (χ2v) is 3.61. The lowest BCUT2D eigenvalue weighted by Crippen LogP contribution is -1.99. The summed E-state index contributed by atoms with van der Waals surface area (Å²) in [6, 6.07) is 5.49. The Balaban J connectivity index is 2.73. The molecule has 0 amide bonds. The molecule has 0 atom stereocenters. The SMILES string of the molecule is COC(=O)c1coc2cccc(Br)c12. The van der Waals surface area contributed by atoms with Crippen molar-refractivity contribution in [1.29, 1.82) is 0 Å². The van der Waals surface area contributed by atoms with E-state index in [1.165, 1.54) is 13.4 Å². The predicted molar refractivity (Wildman–Crippen MR) is 55.3 cm³/mol. The molecule has 0 unspecified atom stereocenters. The molecule has 1 aromatic heterocycles. The zero-order chi connectivity index (χ0) is 10.1. The van der Waals surface area contributed by atoms with E-state index < -0.39 is 5.97 Å². The maximum Gasteiger partial charge on any atom is 0.341 e. The first-order chi connectivity index (χ1) is 6.74. The predicted octanol–water partition coefficient (Wildman–Crippen LogP) is 2.98. The molecule has 72 valence electrons. The van der Waals surface area contributed by atoms with Gasteiger partial charge in [-0.05, 0) is 12.1 Å². The number of carbonyl (C=O) groups excluding carboxylic acids is 1. The maximum absolute atomic E-state index is 11.3. The Kier molecular flexibility index (Phi) is 2.29. The first-order valence-corrected chi connectivity index (χ1v) is 4.77. The molecule has 0 saturated heterocycles. The first-order valence-electron chi connectivity index (χ1n) is 3.98. The van der Waals surface area contributed by atoms with Gasteiger partial charge in [-0.2, -0.15) is 0 Å². The molecule has 2 aromatic rings. The first kappa shape index (κ1) is 9.27. The molecule has 0 radical (unpaired) electrons. The summed E-state index contributed by atoms with van der Waals surface area (Å²) < 4.78 is 10.7. The van der Waals surface area contributed by atoms with Gasteiger partial charge in [-0.3, -0.25) is 0 Å². The molecule has 0 spiro atoms. The van der Waals surface area contributed by atoms with Gasteiger partial charge in [-0.1, -0.05) is 22.0 Å². The Hall–Kier alpha value is -1.29. The number of methoxy groups -OCH3 is 1. The van der Waals surface area contributed by atoms with Crippen molar-refractivity contribution in [3.05, 3.63) is 34.5 Å². The van der Waals surface area contributed by atoms with Gasteiger partial charge in [0.15, 0.2) is 0 Å². The van der Waals surface area contributed by atoms with Crippen molar-refractivity contribution in [3.8, 4) is 0 Å². The van der Waals surface area contributed by atoms with Crippen LogP contribution in [0, 0.1) is 0 Å². The minimum absolute atomic E-state index is 0.393. The lowest BCUT2D eigenvalue weighted by atomic mass is 10.2. The fourth-order valence-corrected chi connectivity index (χ4v) is 1.87. The van der Waals surface area contributed by atoms with Gasteiger partial charge < -0.3 is 9.15 Å². The Morgan fingerprint density at radius 3 is 3.00 bits per heavy atom. The third-order valence-corrected chi connectivity index (χ3v) is 2.61. The van der Waals surface area contributed by atoms with E-state index in [0.717, 1.165) is 9.86 Å². The van der Waals surface area contributed by atoms with E-state index in [9.17, 15) is 4.79 Å². The number of esters is 1. The standard InChI is InChI=1S/C10H7BrO3/c1-13-10(12)6-5-14-8-4-2-3-7(11)9(6)8/h2-5H,1H3. The lowest BCUT2D eigenvalue weighted by Gasteiger charge is -1.96. The summed E-state index contributed by atoms with van der Waals surface area (Å²) in [6.45, 7) is 0. The number of benzene rings is 1. The molecule has 0 bridgehead atoms. The van der Waals surface area contributed by atoms with Gasteiger partial charge >= 0.3 is 5.97 Å². The monoisotopic (exact) mass is 254 g/mol. The molecule has 0 aliphatic rings. The number of hydrogen-bond donors (Lipinski definition) is 0. The van der Waals surface area contributed by atoms with Crippen LogP contribution in [-0.4, -0.2) is 13.1 Å². The number of halogens is 1. The highest BCUT2D eigenvalue weighted by Crippen LogP contribution is 2.29. The van der Waals surface area contributed by atoms with E-state index in [1.54, 1.807) is 6.07 Å². The van der Waals surface area contributed by atoms with E-state index in [4.69, 9.17) is 4.42 Å². The lowest BCUT2D eigenvalue weighted by molar-refractivity contribution is 0.0602. The van der Waals surface area contributed by atoms with Crippen LogP contribution in [0.2, 0.25) is 0 Å². The molecule has 0 fully saturated rings. The Morgan fingerprint density at radius 1 is 1.50 bits per heavy atom. The smallest absolute Gasteiger partial charge is 0.341 e. The molecule has 0 saturated carbocycles. The summed E-state index contributed by atoms with van der Waals surface area (Å²) in [4.78, 5) is 11.3. The van der Waals surface area contributed by atoms with Crippen LogP contribution in [0.25, 0.3) is 11.0 Å². The number of ether oxygens (including phenoxy) is 1. The molecular formula is C10H7BrO3. The molecule has 0 aliphatic carbocycles. The van der Waals surface area contributed by atoms with Crippen molar-refractivity contribution in [2.45, 2.75) is 0 Å². The van der Waals surface area contributed by atoms with E-state index >= 15 is 0 Å². The summed E-state index contributed by atoms with van der Waals surface area (Å²) in [7, 11) is 1.35. The van der Waals surface area contributed by atoms with Crippen molar-refractivity contribution in [2.24, 2.45) is 0 Å². The maximum atomic E-state index is 11.3. The molecular weight excluding hydrogens is 248 g/mol. The van der Waals surface area contributed by atoms with Gasteiger partial charge in [0.25, 0.3) is 0 Å². The summed E-state index contributed by atoms with van der Waals surface area (Å²) in [5.41, 5.74) is 1.11. The van der Waals surface area contributed by atoms with Gasteiger partial charge in [-0.15, -0.1) is 0 Å². The number of carbonyl (C=O) groups is 1. The Morgan fingerprint density at radius 2 is 2.29 bits per heavy atom. The minimum atomic E-state index is -0.393. The van der Waals surface area contributed by atoms with Gasteiger partial charge in [0, 0.05) is 9.86 Å². The summed E-state index contributed by atoms with van der Waals surface area (Å²) >= 11 is 3.36. The zero-order valence-corrected chi connectivity index (χ0v) is 9.00. The van der Waals surface area contributed by atoms with Crippen molar-refractivity contribution in [1.82, 2.24) is 0 Å². The van der Waals surface area contributed by atoms with Crippen LogP contribution in [0.15, 0.2) is 33.4 Å². The number of fused-ring (bicyclic) bond motifs is 1. The van der Waals surface area contributed by atoms with Crippen LogP contribution < -0.4 is 0 Å². The molecule has 4 heteroatoms. The van der Waals surface area contributed by atoms with Gasteiger partial charge in [0.2, 0.25) is 0 Å². The molecule has 1 heterocycles. The average Bonchev–Trinajstić information content (AvgIpc) is 2.62.